The normalized spacial score (nSPS) is 12.7. The molecule has 1 aliphatic rings. The molecule has 2 aromatic carbocycles. The predicted octanol–water partition coefficient (Wildman–Crippen LogP) is 2.28. The van der Waals surface area contributed by atoms with Gasteiger partial charge in [0.25, 0.3) is 0 Å². The van der Waals surface area contributed by atoms with Gasteiger partial charge in [0.2, 0.25) is 22.7 Å². The minimum Gasteiger partial charge on any atom is -0.491 e. The molecule has 8 nitrogen and oxygen atoms in total. The summed E-state index contributed by atoms with van der Waals surface area (Å²) in [5.74, 6) is 1.49. The van der Waals surface area contributed by atoms with Crippen LogP contribution in [0.2, 0.25) is 0 Å². The molecule has 156 valence electrons. The van der Waals surface area contributed by atoms with Crippen molar-refractivity contribution in [2.45, 2.75) is 26.5 Å². The van der Waals surface area contributed by atoms with Crippen molar-refractivity contribution in [1.82, 2.24) is 5.32 Å². The molecule has 0 unspecified atom stereocenters. The van der Waals surface area contributed by atoms with E-state index < -0.39 is 15.9 Å². The Morgan fingerprint density at radius 2 is 1.83 bits per heavy atom. The smallest absolute Gasteiger partial charge is 0.241 e. The van der Waals surface area contributed by atoms with E-state index in [-0.39, 0.29) is 26.0 Å². The van der Waals surface area contributed by atoms with Crippen molar-refractivity contribution >= 4 is 21.6 Å². The van der Waals surface area contributed by atoms with Crippen LogP contribution in [0, 0.1) is 0 Å². The average molecular weight is 420 g/mol. The van der Waals surface area contributed by atoms with Crippen LogP contribution in [-0.2, 0) is 21.4 Å². The van der Waals surface area contributed by atoms with Gasteiger partial charge in [0.15, 0.2) is 11.5 Å². The van der Waals surface area contributed by atoms with Crippen LogP contribution >= 0.6 is 0 Å². The summed E-state index contributed by atoms with van der Waals surface area (Å²) >= 11 is 0. The summed E-state index contributed by atoms with van der Waals surface area (Å²) in [7, 11) is -3.64. The molecule has 1 heterocycles. The van der Waals surface area contributed by atoms with Gasteiger partial charge in [0.05, 0.1) is 18.0 Å². The molecule has 0 saturated carbocycles. The summed E-state index contributed by atoms with van der Waals surface area (Å²) in [6.07, 6.45) is 1.07. The summed E-state index contributed by atoms with van der Waals surface area (Å²) in [5.41, 5.74) is 1.21. The molecular formula is C20H24N2O6S. The maximum atomic E-state index is 12.4. The Labute approximate surface area is 170 Å². The highest BCUT2D eigenvalue weighted by Gasteiger charge is 2.21. The number of anilines is 1. The zero-order chi connectivity index (χ0) is 21.0. The van der Waals surface area contributed by atoms with Crippen LogP contribution in [0.5, 0.6) is 17.2 Å². The van der Waals surface area contributed by atoms with Crippen LogP contribution in [-0.4, -0.2) is 40.0 Å². The lowest BCUT2D eigenvalue weighted by molar-refractivity contribution is -0.119. The lowest BCUT2D eigenvalue weighted by Crippen LogP contribution is -2.40. The average Bonchev–Trinajstić information content (AvgIpc) is 3.12. The van der Waals surface area contributed by atoms with Crippen LogP contribution in [0.25, 0.3) is 0 Å². The molecule has 2 aromatic rings. The van der Waals surface area contributed by atoms with Crippen LogP contribution in [0.3, 0.4) is 0 Å². The molecule has 0 atom stereocenters. The molecule has 0 fully saturated rings. The van der Waals surface area contributed by atoms with Crippen molar-refractivity contribution in [1.29, 1.82) is 0 Å². The quantitative estimate of drug-likeness (QED) is 0.704. The topological polar surface area (TPSA) is 94.2 Å². The molecule has 0 spiro atoms. The lowest BCUT2D eigenvalue weighted by atomic mass is 10.2. The number of fused-ring (bicyclic) bond motifs is 1. The van der Waals surface area contributed by atoms with E-state index in [2.05, 4.69) is 5.32 Å². The number of carbonyl (C=O) groups is 1. The lowest BCUT2D eigenvalue weighted by Gasteiger charge is -2.22. The Hall–Kier alpha value is -2.94. The zero-order valence-corrected chi connectivity index (χ0v) is 17.4. The van der Waals surface area contributed by atoms with Crippen molar-refractivity contribution < 1.29 is 27.4 Å². The van der Waals surface area contributed by atoms with Gasteiger partial charge in [-0.2, -0.15) is 0 Å². The van der Waals surface area contributed by atoms with E-state index in [1.54, 1.807) is 36.4 Å². The van der Waals surface area contributed by atoms with Crippen molar-refractivity contribution in [2.24, 2.45) is 0 Å². The largest absolute Gasteiger partial charge is 0.491 e. The fourth-order valence-electron chi connectivity index (χ4n) is 2.80. The van der Waals surface area contributed by atoms with Gasteiger partial charge < -0.3 is 19.5 Å². The predicted molar refractivity (Wildman–Crippen MR) is 109 cm³/mol. The fourth-order valence-corrected chi connectivity index (χ4v) is 3.66. The number of nitrogens with zero attached hydrogens (tertiary/aromatic N) is 1. The summed E-state index contributed by atoms with van der Waals surface area (Å²) in [6.45, 7) is 3.90. The second-order valence-electron chi connectivity index (χ2n) is 6.89. The number of carbonyl (C=O) groups excluding carboxylic acids is 1. The van der Waals surface area contributed by atoms with E-state index in [0.29, 0.717) is 22.9 Å². The number of hydrogen-bond donors (Lipinski definition) is 1. The van der Waals surface area contributed by atoms with Crippen molar-refractivity contribution in [3.05, 3.63) is 48.0 Å². The summed E-state index contributed by atoms with van der Waals surface area (Å²) in [4.78, 5) is 12.4. The van der Waals surface area contributed by atoms with Gasteiger partial charge in [-0.25, -0.2) is 8.42 Å². The Morgan fingerprint density at radius 1 is 1.14 bits per heavy atom. The molecule has 0 aromatic heterocycles. The van der Waals surface area contributed by atoms with Gasteiger partial charge in [-0.3, -0.25) is 9.10 Å². The third-order valence-corrected chi connectivity index (χ3v) is 5.25. The van der Waals surface area contributed by atoms with Gasteiger partial charge >= 0.3 is 0 Å². The number of hydrogen-bond acceptors (Lipinski definition) is 6. The van der Waals surface area contributed by atoms with E-state index >= 15 is 0 Å². The maximum absolute atomic E-state index is 12.4. The molecule has 9 heteroatoms. The van der Waals surface area contributed by atoms with Crippen molar-refractivity contribution in [3.63, 3.8) is 0 Å². The minimum absolute atomic E-state index is 0.00816. The third-order valence-electron chi connectivity index (χ3n) is 4.11. The molecule has 0 bridgehead atoms. The first-order valence-corrected chi connectivity index (χ1v) is 11.0. The van der Waals surface area contributed by atoms with E-state index in [0.717, 1.165) is 16.1 Å². The summed E-state index contributed by atoms with van der Waals surface area (Å²) < 4.78 is 41.6. The van der Waals surface area contributed by atoms with E-state index in [1.165, 1.54) is 0 Å². The fraction of sp³-hybridized carbons (Fsp3) is 0.350. The second kappa shape index (κ2) is 8.60. The molecule has 0 radical (unpaired) electrons. The number of amides is 1. The van der Waals surface area contributed by atoms with Gasteiger partial charge in [0, 0.05) is 6.54 Å². The van der Waals surface area contributed by atoms with Gasteiger partial charge in [-0.1, -0.05) is 6.07 Å². The van der Waals surface area contributed by atoms with Gasteiger partial charge in [0.1, 0.15) is 12.3 Å². The van der Waals surface area contributed by atoms with Crippen LogP contribution < -0.4 is 23.8 Å². The number of sulfonamides is 1. The van der Waals surface area contributed by atoms with Gasteiger partial charge in [-0.05, 0) is 55.8 Å². The number of ether oxygens (including phenoxy) is 3. The first kappa shape index (κ1) is 20.8. The second-order valence-corrected chi connectivity index (χ2v) is 8.80. The number of benzene rings is 2. The highest BCUT2D eigenvalue weighted by molar-refractivity contribution is 7.92. The third kappa shape index (κ3) is 5.54. The highest BCUT2D eigenvalue weighted by atomic mass is 32.2. The summed E-state index contributed by atoms with van der Waals surface area (Å²) in [6, 6.07) is 12.0. The minimum atomic E-state index is -3.64. The SMILES string of the molecule is CC(C)Oc1ccc(N(CC(=O)NCc2ccc3c(c2)OCO3)S(C)(=O)=O)cc1. The first-order valence-electron chi connectivity index (χ1n) is 9.12. The molecule has 29 heavy (non-hydrogen) atoms. The first-order chi connectivity index (χ1) is 13.7. The monoisotopic (exact) mass is 420 g/mol. The Balaban J connectivity index is 1.64. The molecule has 1 aliphatic heterocycles. The van der Waals surface area contributed by atoms with Gasteiger partial charge in [-0.15, -0.1) is 0 Å². The number of nitrogens with one attached hydrogen (secondary N) is 1. The molecule has 0 aliphatic carbocycles. The molecule has 1 amide bonds. The Morgan fingerprint density at radius 3 is 2.48 bits per heavy atom. The van der Waals surface area contributed by atoms with Crippen LogP contribution in [0.4, 0.5) is 5.69 Å². The van der Waals surface area contributed by atoms with E-state index in [9.17, 15) is 13.2 Å². The zero-order valence-electron chi connectivity index (χ0n) is 16.5. The van der Waals surface area contributed by atoms with Crippen LogP contribution in [0.15, 0.2) is 42.5 Å². The van der Waals surface area contributed by atoms with Crippen LogP contribution in [0.1, 0.15) is 19.4 Å². The van der Waals surface area contributed by atoms with E-state index in [1.807, 2.05) is 19.9 Å². The highest BCUT2D eigenvalue weighted by Crippen LogP contribution is 2.32. The Bertz CT molecular complexity index is 973. The molecular weight excluding hydrogens is 396 g/mol. The van der Waals surface area contributed by atoms with Crippen molar-refractivity contribution in [2.75, 3.05) is 23.9 Å². The Kier molecular flexibility index (Phi) is 6.17. The maximum Gasteiger partial charge on any atom is 0.241 e. The number of rotatable bonds is 8. The van der Waals surface area contributed by atoms with Crippen molar-refractivity contribution in [3.8, 4) is 17.2 Å². The molecule has 3 rings (SSSR count). The standard InChI is InChI=1S/C20H24N2O6S/c1-14(2)28-17-7-5-16(6-8-17)22(29(3,24)25)12-20(23)21-11-15-4-9-18-19(10-15)27-13-26-18/h4-10,14H,11-13H2,1-3H3,(H,21,23). The van der Waals surface area contributed by atoms with E-state index in [4.69, 9.17) is 14.2 Å². The molecule has 1 N–H and O–H groups in total. The summed E-state index contributed by atoms with van der Waals surface area (Å²) in [5, 5.41) is 2.73. The molecule has 0 saturated heterocycles.